The lowest BCUT2D eigenvalue weighted by atomic mass is 10.5. The van der Waals surface area contributed by atoms with Crippen molar-refractivity contribution >= 4 is 34.2 Å². The molecule has 0 aliphatic rings. The fraction of sp³-hybridized carbons (Fsp3) is 0.667. The van der Waals surface area contributed by atoms with Crippen LogP contribution in [-0.4, -0.2) is 16.0 Å². The molecule has 1 amide bonds. The van der Waals surface area contributed by atoms with E-state index in [1.165, 1.54) is 11.8 Å². The van der Waals surface area contributed by atoms with Crippen molar-refractivity contribution in [1.82, 2.24) is 5.32 Å². The van der Waals surface area contributed by atoms with Crippen LogP contribution < -0.4 is 5.32 Å². The maximum atomic E-state index is 10.7. The molecule has 2 nitrogen and oxygen atoms in total. The highest BCUT2D eigenvalue weighted by molar-refractivity contribution is 8.23. The summed E-state index contributed by atoms with van der Waals surface area (Å²) in [4.78, 5) is 10.7. The van der Waals surface area contributed by atoms with Gasteiger partial charge in [0, 0.05) is 6.42 Å². The second kappa shape index (κ2) is 5.68. The van der Waals surface area contributed by atoms with Gasteiger partial charge in [0.1, 0.15) is 4.32 Å². The molecule has 0 saturated heterocycles. The predicted octanol–water partition coefficient (Wildman–Crippen LogP) is 1.55. The second-order valence-electron chi connectivity index (χ2n) is 1.62. The van der Waals surface area contributed by atoms with Crippen molar-refractivity contribution in [3.8, 4) is 0 Å². The van der Waals surface area contributed by atoms with Gasteiger partial charge in [-0.15, -0.1) is 0 Å². The smallest absolute Gasteiger partial charge is 0.225 e. The normalized spacial score (nSPS) is 9.00. The minimum Gasteiger partial charge on any atom is -0.312 e. The summed E-state index contributed by atoms with van der Waals surface area (Å²) in [5, 5.41) is 2.59. The van der Waals surface area contributed by atoms with E-state index in [1.54, 1.807) is 6.92 Å². The predicted molar refractivity (Wildman–Crippen MR) is 49.2 cm³/mol. The summed E-state index contributed by atoms with van der Waals surface area (Å²) < 4.78 is 0.578. The van der Waals surface area contributed by atoms with Gasteiger partial charge in [-0.1, -0.05) is 37.8 Å². The average molecular weight is 177 g/mol. The molecule has 0 fully saturated rings. The maximum absolute atomic E-state index is 10.7. The van der Waals surface area contributed by atoms with Gasteiger partial charge in [-0.25, -0.2) is 0 Å². The van der Waals surface area contributed by atoms with Crippen molar-refractivity contribution in [3.63, 3.8) is 0 Å². The first kappa shape index (κ1) is 9.91. The molecule has 0 aliphatic carbocycles. The fourth-order valence-corrected chi connectivity index (χ4v) is 1.28. The molecular formula is C6H11NOS2. The first-order valence-corrected chi connectivity index (χ1v) is 4.56. The monoisotopic (exact) mass is 177 g/mol. The molecule has 10 heavy (non-hydrogen) atoms. The van der Waals surface area contributed by atoms with Crippen LogP contribution in [-0.2, 0) is 4.79 Å². The summed E-state index contributed by atoms with van der Waals surface area (Å²) in [6.07, 6.45) is 0.490. The van der Waals surface area contributed by atoms with Crippen LogP contribution >= 0.6 is 24.0 Å². The lowest BCUT2D eigenvalue weighted by Crippen LogP contribution is -2.25. The van der Waals surface area contributed by atoms with Crippen molar-refractivity contribution in [2.24, 2.45) is 0 Å². The number of carbonyl (C=O) groups is 1. The van der Waals surface area contributed by atoms with E-state index in [0.717, 1.165) is 5.75 Å². The van der Waals surface area contributed by atoms with E-state index >= 15 is 0 Å². The van der Waals surface area contributed by atoms with Gasteiger partial charge in [-0.3, -0.25) is 4.79 Å². The third-order valence-electron chi connectivity index (χ3n) is 0.838. The summed E-state index contributed by atoms with van der Waals surface area (Å²) in [6.45, 7) is 3.80. The number of rotatable bonds is 2. The zero-order valence-electron chi connectivity index (χ0n) is 6.14. The Bertz CT molecular complexity index is 136. The van der Waals surface area contributed by atoms with Gasteiger partial charge in [0.25, 0.3) is 0 Å². The van der Waals surface area contributed by atoms with E-state index in [2.05, 4.69) is 5.32 Å². The van der Waals surface area contributed by atoms with Gasteiger partial charge in [0.05, 0.1) is 0 Å². The minimum atomic E-state index is -0.00838. The summed E-state index contributed by atoms with van der Waals surface area (Å²) in [5.41, 5.74) is 0. The van der Waals surface area contributed by atoms with Crippen molar-refractivity contribution in [1.29, 1.82) is 0 Å². The van der Waals surface area contributed by atoms with Crippen LogP contribution in [0.4, 0.5) is 0 Å². The molecule has 0 aromatic heterocycles. The molecular weight excluding hydrogens is 166 g/mol. The molecule has 0 saturated carbocycles. The highest BCUT2D eigenvalue weighted by Gasteiger charge is 1.99. The van der Waals surface area contributed by atoms with Crippen LogP contribution in [0.15, 0.2) is 0 Å². The SMILES string of the molecule is CCSC(=S)NC(=O)CC. The zero-order chi connectivity index (χ0) is 7.98. The van der Waals surface area contributed by atoms with Crippen LogP contribution in [0.25, 0.3) is 0 Å². The Labute approximate surface area is 70.8 Å². The lowest BCUT2D eigenvalue weighted by Gasteiger charge is -2.01. The molecule has 0 unspecified atom stereocenters. The average Bonchev–Trinajstić information content (AvgIpc) is 1.88. The van der Waals surface area contributed by atoms with Gasteiger partial charge in [-0.2, -0.15) is 0 Å². The van der Waals surface area contributed by atoms with Crippen LogP contribution in [0.5, 0.6) is 0 Å². The van der Waals surface area contributed by atoms with E-state index in [4.69, 9.17) is 12.2 Å². The van der Waals surface area contributed by atoms with Crippen molar-refractivity contribution < 1.29 is 4.79 Å². The molecule has 0 radical (unpaired) electrons. The molecule has 0 aromatic carbocycles. The third kappa shape index (κ3) is 4.76. The Morgan fingerprint density at radius 2 is 2.20 bits per heavy atom. The van der Waals surface area contributed by atoms with Crippen molar-refractivity contribution in [3.05, 3.63) is 0 Å². The molecule has 4 heteroatoms. The quantitative estimate of drug-likeness (QED) is 0.649. The number of amides is 1. The highest BCUT2D eigenvalue weighted by Crippen LogP contribution is 1.99. The van der Waals surface area contributed by atoms with Crippen molar-refractivity contribution in [2.45, 2.75) is 20.3 Å². The first-order valence-electron chi connectivity index (χ1n) is 3.17. The van der Waals surface area contributed by atoms with Crippen LogP contribution in [0.3, 0.4) is 0 Å². The van der Waals surface area contributed by atoms with Crippen LogP contribution in [0.1, 0.15) is 20.3 Å². The molecule has 0 aromatic rings. The van der Waals surface area contributed by atoms with Gasteiger partial charge in [-0.05, 0) is 5.75 Å². The van der Waals surface area contributed by atoms with Gasteiger partial charge >= 0.3 is 0 Å². The Balaban J connectivity index is 3.47. The summed E-state index contributed by atoms with van der Waals surface area (Å²) in [5.74, 6) is 0.897. The number of nitrogens with one attached hydrogen (secondary N) is 1. The van der Waals surface area contributed by atoms with Crippen molar-refractivity contribution in [2.75, 3.05) is 5.75 Å². The van der Waals surface area contributed by atoms with E-state index < -0.39 is 0 Å². The van der Waals surface area contributed by atoms with Gasteiger partial charge < -0.3 is 5.32 Å². The van der Waals surface area contributed by atoms with E-state index in [-0.39, 0.29) is 5.91 Å². The molecule has 0 spiro atoms. The Morgan fingerprint density at radius 3 is 2.60 bits per heavy atom. The number of thioether (sulfide) groups is 1. The van der Waals surface area contributed by atoms with Crippen LogP contribution in [0.2, 0.25) is 0 Å². The Hall–Kier alpha value is -0.0900. The highest BCUT2D eigenvalue weighted by atomic mass is 32.2. The lowest BCUT2D eigenvalue weighted by molar-refractivity contribution is -0.119. The molecule has 0 rings (SSSR count). The summed E-state index contributed by atoms with van der Waals surface area (Å²) in [7, 11) is 0. The summed E-state index contributed by atoms with van der Waals surface area (Å²) in [6, 6.07) is 0. The Morgan fingerprint density at radius 1 is 1.60 bits per heavy atom. The minimum absolute atomic E-state index is 0.00838. The fourth-order valence-electron chi connectivity index (χ4n) is 0.369. The molecule has 0 bridgehead atoms. The van der Waals surface area contributed by atoms with E-state index in [9.17, 15) is 4.79 Å². The van der Waals surface area contributed by atoms with E-state index in [0.29, 0.717) is 10.7 Å². The summed E-state index contributed by atoms with van der Waals surface area (Å²) >= 11 is 6.30. The molecule has 0 atom stereocenters. The molecule has 0 aliphatic heterocycles. The topological polar surface area (TPSA) is 29.1 Å². The second-order valence-corrected chi connectivity index (χ2v) is 3.56. The largest absolute Gasteiger partial charge is 0.312 e. The number of carbonyl (C=O) groups excluding carboxylic acids is 1. The Kier molecular flexibility index (Phi) is 5.63. The number of thiocarbonyl (C=S) groups is 1. The van der Waals surface area contributed by atoms with Gasteiger partial charge in [0.2, 0.25) is 5.91 Å². The first-order chi connectivity index (χ1) is 4.70. The zero-order valence-corrected chi connectivity index (χ0v) is 7.77. The number of hydrogen-bond acceptors (Lipinski definition) is 3. The molecule has 0 heterocycles. The molecule has 1 N–H and O–H groups in total. The maximum Gasteiger partial charge on any atom is 0.225 e. The molecule has 58 valence electrons. The standard InChI is InChI=1S/C6H11NOS2/c1-3-5(8)7-6(9)10-4-2/h3-4H2,1-2H3,(H,7,8,9). The van der Waals surface area contributed by atoms with E-state index in [1.807, 2.05) is 6.92 Å². The van der Waals surface area contributed by atoms with Gasteiger partial charge in [0.15, 0.2) is 0 Å². The number of hydrogen-bond donors (Lipinski definition) is 1. The third-order valence-corrected chi connectivity index (χ3v) is 1.95. The van der Waals surface area contributed by atoms with Crippen LogP contribution in [0, 0.1) is 0 Å².